The van der Waals surface area contributed by atoms with E-state index in [0.717, 1.165) is 12.1 Å². The summed E-state index contributed by atoms with van der Waals surface area (Å²) >= 11 is 0. The summed E-state index contributed by atoms with van der Waals surface area (Å²) in [5.41, 5.74) is 2.89. The van der Waals surface area contributed by atoms with Crippen LogP contribution in [0.2, 0.25) is 0 Å². The second kappa shape index (κ2) is 9.00. The quantitative estimate of drug-likeness (QED) is 0.771. The lowest BCUT2D eigenvalue weighted by atomic mass is 10.1. The number of aromatic nitrogens is 2. The van der Waals surface area contributed by atoms with Crippen molar-refractivity contribution in [3.8, 4) is 0 Å². The number of carbonyl (C=O) groups is 2. The molecule has 0 spiro atoms. The van der Waals surface area contributed by atoms with Crippen molar-refractivity contribution >= 4 is 17.5 Å². The fourth-order valence-electron chi connectivity index (χ4n) is 3.44. The van der Waals surface area contributed by atoms with Gasteiger partial charge in [-0.05, 0) is 57.4 Å². The minimum atomic E-state index is -0.434. The first kappa shape index (κ1) is 20.7. The number of anilines is 1. The molecule has 2 N–H and O–H groups in total. The van der Waals surface area contributed by atoms with E-state index in [0.29, 0.717) is 42.1 Å². The van der Waals surface area contributed by atoms with E-state index in [9.17, 15) is 14.4 Å². The third-order valence-electron chi connectivity index (χ3n) is 5.03. The van der Waals surface area contributed by atoms with Crippen LogP contribution in [0.4, 0.5) is 5.69 Å². The normalized spacial score (nSPS) is 15.9. The van der Waals surface area contributed by atoms with Crippen molar-refractivity contribution in [2.24, 2.45) is 0 Å². The third kappa shape index (κ3) is 4.89. The Labute approximate surface area is 169 Å². The topological polar surface area (TPSA) is 102 Å². The summed E-state index contributed by atoms with van der Waals surface area (Å²) in [6.45, 7) is 6.61. The fourth-order valence-corrected chi connectivity index (χ4v) is 3.44. The van der Waals surface area contributed by atoms with Gasteiger partial charge in [0, 0.05) is 42.3 Å². The van der Waals surface area contributed by atoms with Crippen molar-refractivity contribution in [1.29, 1.82) is 0 Å². The van der Waals surface area contributed by atoms with Gasteiger partial charge in [-0.1, -0.05) is 6.07 Å². The predicted octanol–water partition coefficient (Wildman–Crippen LogP) is 1.72. The summed E-state index contributed by atoms with van der Waals surface area (Å²) in [6, 6.07) is 7.02. The van der Waals surface area contributed by atoms with Gasteiger partial charge >= 0.3 is 5.69 Å². The zero-order valence-corrected chi connectivity index (χ0v) is 16.9. The van der Waals surface area contributed by atoms with Crippen LogP contribution in [0, 0.1) is 20.8 Å². The first-order valence-electron chi connectivity index (χ1n) is 9.72. The molecule has 0 bridgehead atoms. The lowest BCUT2D eigenvalue weighted by Gasteiger charge is -2.15. The van der Waals surface area contributed by atoms with Gasteiger partial charge in [-0.15, -0.1) is 0 Å². The second-order valence-corrected chi connectivity index (χ2v) is 7.20. The Morgan fingerprint density at radius 1 is 1.28 bits per heavy atom. The SMILES string of the molecule is Cc1cc(C)n(CCNC(=O)c2cccc(NC(=O)C3CCCO3)c2C)c(=O)n1. The van der Waals surface area contributed by atoms with Gasteiger partial charge in [0.15, 0.2) is 0 Å². The monoisotopic (exact) mass is 398 g/mol. The van der Waals surface area contributed by atoms with Crippen molar-refractivity contribution in [2.75, 3.05) is 18.5 Å². The van der Waals surface area contributed by atoms with E-state index < -0.39 is 6.10 Å². The minimum Gasteiger partial charge on any atom is -0.368 e. The number of nitrogens with one attached hydrogen (secondary N) is 2. The molecule has 29 heavy (non-hydrogen) atoms. The molecule has 1 saturated heterocycles. The number of aryl methyl sites for hydroxylation is 2. The Morgan fingerprint density at radius 3 is 2.76 bits per heavy atom. The van der Waals surface area contributed by atoms with E-state index in [4.69, 9.17) is 4.74 Å². The lowest BCUT2D eigenvalue weighted by molar-refractivity contribution is -0.124. The number of nitrogens with zero attached hydrogens (tertiary/aromatic N) is 2. The van der Waals surface area contributed by atoms with Crippen LogP contribution < -0.4 is 16.3 Å². The van der Waals surface area contributed by atoms with E-state index in [2.05, 4.69) is 15.6 Å². The van der Waals surface area contributed by atoms with Crippen LogP contribution >= 0.6 is 0 Å². The molecule has 1 aromatic heterocycles. The highest BCUT2D eigenvalue weighted by atomic mass is 16.5. The molecule has 154 valence electrons. The first-order valence-corrected chi connectivity index (χ1v) is 9.72. The average Bonchev–Trinajstić information content (AvgIpc) is 3.20. The van der Waals surface area contributed by atoms with Gasteiger partial charge in [0.1, 0.15) is 6.10 Å². The number of carbonyl (C=O) groups excluding carboxylic acids is 2. The van der Waals surface area contributed by atoms with Crippen molar-refractivity contribution in [3.05, 3.63) is 57.3 Å². The molecule has 1 aliphatic rings. The predicted molar refractivity (Wildman–Crippen MR) is 109 cm³/mol. The van der Waals surface area contributed by atoms with Gasteiger partial charge in [-0.3, -0.25) is 14.2 Å². The molecule has 1 unspecified atom stereocenters. The van der Waals surface area contributed by atoms with Crippen LogP contribution in [-0.2, 0) is 16.1 Å². The number of benzene rings is 1. The molecule has 3 rings (SSSR count). The Hall–Kier alpha value is -3.00. The third-order valence-corrected chi connectivity index (χ3v) is 5.03. The van der Waals surface area contributed by atoms with Gasteiger partial charge in [0.05, 0.1) is 0 Å². The molecule has 1 aromatic carbocycles. The summed E-state index contributed by atoms with van der Waals surface area (Å²) in [6.07, 6.45) is 1.15. The van der Waals surface area contributed by atoms with Gasteiger partial charge < -0.3 is 15.4 Å². The summed E-state index contributed by atoms with van der Waals surface area (Å²) < 4.78 is 6.93. The highest BCUT2D eigenvalue weighted by Crippen LogP contribution is 2.21. The van der Waals surface area contributed by atoms with Crippen molar-refractivity contribution < 1.29 is 14.3 Å². The molecule has 0 radical (unpaired) electrons. The highest BCUT2D eigenvalue weighted by molar-refractivity contribution is 6.00. The molecular formula is C21H26N4O4. The number of hydrogen-bond acceptors (Lipinski definition) is 5. The van der Waals surface area contributed by atoms with Crippen LogP contribution in [-0.4, -0.2) is 40.6 Å². The number of hydrogen-bond donors (Lipinski definition) is 2. The largest absolute Gasteiger partial charge is 0.368 e. The number of ether oxygens (including phenoxy) is 1. The lowest BCUT2D eigenvalue weighted by Crippen LogP contribution is -2.33. The summed E-state index contributed by atoms with van der Waals surface area (Å²) in [7, 11) is 0. The summed E-state index contributed by atoms with van der Waals surface area (Å²) in [5, 5.41) is 5.68. The summed E-state index contributed by atoms with van der Waals surface area (Å²) in [5.74, 6) is -0.452. The zero-order chi connectivity index (χ0) is 21.0. The van der Waals surface area contributed by atoms with E-state index in [1.807, 2.05) is 13.0 Å². The van der Waals surface area contributed by atoms with Gasteiger partial charge in [-0.2, -0.15) is 4.98 Å². The zero-order valence-electron chi connectivity index (χ0n) is 16.9. The summed E-state index contributed by atoms with van der Waals surface area (Å²) in [4.78, 5) is 40.8. The molecule has 8 heteroatoms. The van der Waals surface area contributed by atoms with Gasteiger partial charge in [0.25, 0.3) is 11.8 Å². The Morgan fingerprint density at radius 2 is 2.07 bits per heavy atom. The Bertz CT molecular complexity index is 977. The smallest absolute Gasteiger partial charge is 0.348 e. The second-order valence-electron chi connectivity index (χ2n) is 7.20. The standard InChI is InChI=1S/C21H26N4O4/c1-13-12-14(2)25(21(28)23-13)10-9-22-19(26)16-6-4-7-17(15(16)3)24-20(27)18-8-5-11-29-18/h4,6-7,12,18H,5,8-11H2,1-3H3,(H,22,26)(H,24,27). The fraction of sp³-hybridized carbons (Fsp3) is 0.429. The molecule has 1 aliphatic heterocycles. The van der Waals surface area contributed by atoms with Crippen molar-refractivity contribution in [2.45, 2.75) is 46.3 Å². The molecular weight excluding hydrogens is 372 g/mol. The molecule has 1 fully saturated rings. The first-order chi connectivity index (χ1) is 13.9. The molecule has 8 nitrogen and oxygen atoms in total. The van der Waals surface area contributed by atoms with Gasteiger partial charge in [0.2, 0.25) is 0 Å². The Kier molecular flexibility index (Phi) is 6.43. The van der Waals surface area contributed by atoms with E-state index in [1.165, 1.54) is 4.57 Å². The maximum absolute atomic E-state index is 12.6. The van der Waals surface area contributed by atoms with Crippen LogP contribution in [0.3, 0.4) is 0 Å². The minimum absolute atomic E-state index is 0.190. The maximum Gasteiger partial charge on any atom is 0.348 e. The van der Waals surface area contributed by atoms with Gasteiger partial charge in [-0.25, -0.2) is 4.79 Å². The average molecular weight is 398 g/mol. The number of rotatable bonds is 6. The van der Waals surface area contributed by atoms with Crippen LogP contribution in [0.15, 0.2) is 29.1 Å². The van der Waals surface area contributed by atoms with Crippen molar-refractivity contribution in [1.82, 2.24) is 14.9 Å². The molecule has 2 heterocycles. The maximum atomic E-state index is 12.6. The van der Waals surface area contributed by atoms with E-state index in [1.54, 1.807) is 32.0 Å². The Balaban J connectivity index is 1.64. The van der Waals surface area contributed by atoms with E-state index >= 15 is 0 Å². The van der Waals surface area contributed by atoms with Crippen LogP contribution in [0.25, 0.3) is 0 Å². The van der Waals surface area contributed by atoms with Crippen LogP contribution in [0.1, 0.15) is 40.2 Å². The number of amides is 2. The van der Waals surface area contributed by atoms with Crippen LogP contribution in [0.5, 0.6) is 0 Å². The molecule has 2 amide bonds. The highest BCUT2D eigenvalue weighted by Gasteiger charge is 2.24. The molecule has 0 aliphatic carbocycles. The van der Waals surface area contributed by atoms with Crippen molar-refractivity contribution in [3.63, 3.8) is 0 Å². The van der Waals surface area contributed by atoms with E-state index in [-0.39, 0.29) is 24.0 Å². The molecule has 0 saturated carbocycles. The molecule has 1 atom stereocenters. The molecule has 2 aromatic rings.